The molecule has 3 aromatic rings. The van der Waals surface area contributed by atoms with Crippen molar-refractivity contribution in [3.05, 3.63) is 71.3 Å². The first kappa shape index (κ1) is 20.4. The van der Waals surface area contributed by atoms with Crippen molar-refractivity contribution in [3.63, 3.8) is 0 Å². The van der Waals surface area contributed by atoms with Crippen LogP contribution in [0.25, 0.3) is 17.0 Å². The molecule has 1 saturated heterocycles. The van der Waals surface area contributed by atoms with Gasteiger partial charge in [0.05, 0.1) is 4.91 Å². The lowest BCUT2D eigenvalue weighted by Crippen LogP contribution is -2.33. The van der Waals surface area contributed by atoms with Crippen molar-refractivity contribution >= 4 is 57.5 Å². The molecule has 9 heteroatoms. The Morgan fingerprint density at radius 1 is 1.00 bits per heavy atom. The summed E-state index contributed by atoms with van der Waals surface area (Å²) >= 11 is 0.699. The number of fused-ring (bicyclic) bond motifs is 1. The molecule has 0 bridgehead atoms. The van der Waals surface area contributed by atoms with E-state index in [9.17, 15) is 19.2 Å². The highest BCUT2D eigenvalue weighted by atomic mass is 32.2. The number of anilines is 1. The normalized spacial score (nSPS) is 15.1. The number of amides is 3. The summed E-state index contributed by atoms with van der Waals surface area (Å²) in [6.45, 7) is -0.618. The van der Waals surface area contributed by atoms with Gasteiger partial charge in [-0.15, -0.1) is 0 Å². The van der Waals surface area contributed by atoms with Crippen LogP contribution in [0.5, 0.6) is 0 Å². The number of para-hydroxylation sites is 2. The van der Waals surface area contributed by atoms with Gasteiger partial charge in [-0.2, -0.15) is 0 Å². The van der Waals surface area contributed by atoms with Crippen LogP contribution in [0.15, 0.2) is 65.7 Å². The number of hydrogen-bond acceptors (Lipinski definition) is 5. The smallest absolute Gasteiger partial charge is 0.323 e. The molecule has 1 fully saturated rings. The average Bonchev–Trinajstić information content (AvgIpc) is 3.21. The van der Waals surface area contributed by atoms with Crippen LogP contribution in [0.3, 0.4) is 0 Å². The molecule has 0 atom stereocenters. The minimum Gasteiger partial charge on any atom is -0.480 e. The van der Waals surface area contributed by atoms with E-state index in [4.69, 9.17) is 5.11 Å². The van der Waals surface area contributed by atoms with Crippen molar-refractivity contribution in [3.8, 4) is 0 Å². The molecular weight excluding hydrogens is 418 g/mol. The van der Waals surface area contributed by atoms with Gasteiger partial charge in [0.1, 0.15) is 13.1 Å². The zero-order chi connectivity index (χ0) is 22.0. The lowest BCUT2D eigenvalue weighted by molar-refractivity contribution is -0.140. The molecule has 1 aliphatic rings. The highest BCUT2D eigenvalue weighted by Crippen LogP contribution is 2.34. The summed E-state index contributed by atoms with van der Waals surface area (Å²) in [4.78, 5) is 48.7. The lowest BCUT2D eigenvalue weighted by atomic mass is 10.1. The molecule has 0 saturated carbocycles. The van der Waals surface area contributed by atoms with Gasteiger partial charge in [-0.3, -0.25) is 24.1 Å². The van der Waals surface area contributed by atoms with Crippen LogP contribution in [0.4, 0.5) is 10.5 Å². The monoisotopic (exact) mass is 435 g/mol. The Hall–Kier alpha value is -3.85. The van der Waals surface area contributed by atoms with Gasteiger partial charge in [0.25, 0.3) is 11.1 Å². The van der Waals surface area contributed by atoms with Crippen molar-refractivity contribution in [2.75, 3.05) is 11.9 Å². The third kappa shape index (κ3) is 4.36. The van der Waals surface area contributed by atoms with Crippen molar-refractivity contribution in [2.45, 2.75) is 6.54 Å². The standard InChI is InChI=1S/C22H17N3O5S/c26-19(23-15-6-2-1-3-7-15)12-24-11-14(16-8-4-5-9-17(16)24)10-18-21(29)25(13-20(27)28)22(30)31-18/h1-11H,12-13H2,(H,23,26)(H,27,28)/b18-10+. The SMILES string of the molecule is O=C(O)CN1C(=O)S/C(=C/c2cn(CC(=O)Nc3ccccc3)c3ccccc23)C1=O. The zero-order valence-corrected chi connectivity index (χ0v) is 17.0. The van der Waals surface area contributed by atoms with Gasteiger partial charge in [-0.25, -0.2) is 0 Å². The number of benzene rings is 2. The maximum atomic E-state index is 12.5. The Morgan fingerprint density at radius 2 is 1.71 bits per heavy atom. The topological polar surface area (TPSA) is 109 Å². The number of rotatable bonds is 6. The van der Waals surface area contributed by atoms with E-state index in [1.54, 1.807) is 29.0 Å². The van der Waals surface area contributed by atoms with E-state index in [-0.39, 0.29) is 17.4 Å². The second kappa shape index (κ2) is 8.49. The second-order valence-electron chi connectivity index (χ2n) is 6.81. The van der Waals surface area contributed by atoms with E-state index >= 15 is 0 Å². The summed E-state index contributed by atoms with van der Waals surface area (Å²) in [5, 5.41) is 11.9. The number of carboxylic acids is 1. The van der Waals surface area contributed by atoms with Crippen LogP contribution < -0.4 is 5.32 Å². The fourth-order valence-corrected chi connectivity index (χ4v) is 4.14. The third-order valence-corrected chi connectivity index (χ3v) is 5.55. The Balaban J connectivity index is 1.62. The quantitative estimate of drug-likeness (QED) is 0.575. The molecular formula is C22H17N3O5S. The first-order chi connectivity index (χ1) is 14.9. The van der Waals surface area contributed by atoms with Crippen LogP contribution in [-0.2, 0) is 20.9 Å². The number of carbonyl (C=O) groups excluding carboxylic acids is 3. The summed E-state index contributed by atoms with van der Waals surface area (Å²) in [5.74, 6) is -2.11. The van der Waals surface area contributed by atoms with E-state index in [1.165, 1.54) is 0 Å². The van der Waals surface area contributed by atoms with E-state index in [2.05, 4.69) is 5.32 Å². The molecule has 3 amide bonds. The molecule has 0 spiro atoms. The first-order valence-electron chi connectivity index (χ1n) is 9.32. The molecule has 4 rings (SSSR count). The fourth-order valence-electron chi connectivity index (χ4n) is 3.31. The van der Waals surface area contributed by atoms with Gasteiger partial charge in [0, 0.05) is 28.4 Å². The Labute approximate surface area is 181 Å². The number of carboxylic acid groups (broad SMARTS) is 1. The van der Waals surface area contributed by atoms with Gasteiger partial charge in [0.15, 0.2) is 0 Å². The number of aliphatic carboxylic acids is 1. The molecule has 1 aromatic heterocycles. The van der Waals surface area contributed by atoms with Crippen molar-refractivity contribution < 1.29 is 24.3 Å². The largest absolute Gasteiger partial charge is 0.480 e. The van der Waals surface area contributed by atoms with E-state index in [1.807, 2.05) is 42.5 Å². The number of nitrogens with zero attached hydrogens (tertiary/aromatic N) is 2. The molecule has 2 N–H and O–H groups in total. The highest BCUT2D eigenvalue weighted by molar-refractivity contribution is 8.18. The third-order valence-electron chi connectivity index (χ3n) is 4.64. The molecule has 2 heterocycles. The van der Waals surface area contributed by atoms with Crippen LogP contribution >= 0.6 is 11.8 Å². The zero-order valence-electron chi connectivity index (χ0n) is 16.1. The fraction of sp³-hybridized carbons (Fsp3) is 0.0909. The summed E-state index contributed by atoms with van der Waals surface area (Å²) in [7, 11) is 0. The predicted octanol–water partition coefficient (Wildman–Crippen LogP) is 3.40. The van der Waals surface area contributed by atoms with Crippen LogP contribution in [0, 0.1) is 0 Å². The van der Waals surface area contributed by atoms with Crippen LogP contribution in [0.1, 0.15) is 5.56 Å². The Bertz CT molecular complexity index is 1230. The van der Waals surface area contributed by atoms with Crippen molar-refractivity contribution in [1.82, 2.24) is 9.47 Å². The number of aromatic nitrogens is 1. The summed E-state index contributed by atoms with van der Waals surface area (Å²) < 4.78 is 1.76. The molecule has 0 aliphatic carbocycles. The van der Waals surface area contributed by atoms with Gasteiger partial charge in [-0.1, -0.05) is 36.4 Å². The van der Waals surface area contributed by atoms with Crippen molar-refractivity contribution in [2.24, 2.45) is 0 Å². The molecule has 31 heavy (non-hydrogen) atoms. The maximum absolute atomic E-state index is 12.5. The Morgan fingerprint density at radius 3 is 2.45 bits per heavy atom. The number of thioether (sulfide) groups is 1. The average molecular weight is 435 g/mol. The van der Waals surface area contributed by atoms with Crippen LogP contribution in [0.2, 0.25) is 0 Å². The molecule has 2 aromatic carbocycles. The minimum atomic E-state index is -1.26. The molecule has 1 aliphatic heterocycles. The number of hydrogen-bond donors (Lipinski definition) is 2. The van der Waals surface area contributed by atoms with Gasteiger partial charge in [0.2, 0.25) is 5.91 Å². The van der Waals surface area contributed by atoms with E-state index < -0.39 is 23.7 Å². The van der Waals surface area contributed by atoms with Gasteiger partial charge in [-0.05, 0) is 36.0 Å². The Kier molecular flexibility index (Phi) is 5.59. The molecule has 0 unspecified atom stereocenters. The summed E-state index contributed by atoms with van der Waals surface area (Å²) in [6, 6.07) is 16.5. The van der Waals surface area contributed by atoms with E-state index in [0.29, 0.717) is 27.9 Å². The lowest BCUT2D eigenvalue weighted by Gasteiger charge is -2.07. The molecule has 0 radical (unpaired) electrons. The maximum Gasteiger partial charge on any atom is 0.323 e. The number of imide groups is 1. The van der Waals surface area contributed by atoms with Gasteiger partial charge >= 0.3 is 5.97 Å². The van der Waals surface area contributed by atoms with Crippen molar-refractivity contribution in [1.29, 1.82) is 0 Å². The minimum absolute atomic E-state index is 0.0593. The second-order valence-corrected chi connectivity index (χ2v) is 7.80. The predicted molar refractivity (Wildman–Crippen MR) is 117 cm³/mol. The molecule has 156 valence electrons. The number of carbonyl (C=O) groups is 4. The summed E-state index contributed by atoms with van der Waals surface area (Å²) in [5.41, 5.74) is 2.14. The van der Waals surface area contributed by atoms with Gasteiger partial charge < -0.3 is 15.0 Å². The summed E-state index contributed by atoms with van der Waals surface area (Å²) in [6.07, 6.45) is 3.29. The van der Waals surface area contributed by atoms with Crippen LogP contribution in [-0.4, -0.2) is 44.1 Å². The highest BCUT2D eigenvalue weighted by Gasteiger charge is 2.36. The number of nitrogens with one attached hydrogen (secondary N) is 1. The molecule has 8 nitrogen and oxygen atoms in total. The first-order valence-corrected chi connectivity index (χ1v) is 10.1. The van der Waals surface area contributed by atoms with E-state index in [0.717, 1.165) is 10.9 Å².